The molecule has 1 fully saturated rings. The molecule has 2 heterocycles. The van der Waals surface area contributed by atoms with Gasteiger partial charge in [-0.15, -0.1) is 0 Å². The largest absolute Gasteiger partial charge is 0.463 e. The first-order chi connectivity index (χ1) is 11.8. The zero-order valence-electron chi connectivity index (χ0n) is 14.0. The van der Waals surface area contributed by atoms with Gasteiger partial charge in [0.25, 0.3) is 16.1 Å². The first-order valence-electron chi connectivity index (χ1n) is 7.93. The summed E-state index contributed by atoms with van der Waals surface area (Å²) in [6.07, 6.45) is 0.765. The van der Waals surface area contributed by atoms with Crippen molar-refractivity contribution in [2.24, 2.45) is 0 Å². The molecule has 3 rings (SSSR count). The predicted octanol–water partition coefficient (Wildman–Crippen LogP) is 0.404. The third kappa shape index (κ3) is 3.54. The maximum atomic E-state index is 12.7. The van der Waals surface area contributed by atoms with Crippen molar-refractivity contribution in [2.45, 2.75) is 18.6 Å². The molecule has 8 nitrogen and oxygen atoms in total. The number of nitrogens with zero attached hydrogens (tertiary/aromatic N) is 2. The molecule has 1 aromatic carbocycles. The normalized spacial score (nSPS) is 21.8. The fraction of sp³-hybridized carbons (Fsp3) is 0.438. The van der Waals surface area contributed by atoms with Gasteiger partial charge in [0.15, 0.2) is 0 Å². The van der Waals surface area contributed by atoms with Crippen molar-refractivity contribution in [3.05, 3.63) is 36.1 Å². The first kappa shape index (κ1) is 17.9. The second-order valence-electron chi connectivity index (χ2n) is 6.26. The zero-order valence-corrected chi connectivity index (χ0v) is 14.9. The molecule has 1 aliphatic rings. The van der Waals surface area contributed by atoms with Crippen LogP contribution in [0.25, 0.3) is 11.0 Å². The van der Waals surface area contributed by atoms with Crippen molar-refractivity contribution in [1.29, 1.82) is 0 Å². The minimum absolute atomic E-state index is 0.0545. The van der Waals surface area contributed by atoms with Gasteiger partial charge >= 0.3 is 0 Å². The third-order valence-electron chi connectivity index (χ3n) is 4.36. The Morgan fingerprint density at radius 1 is 1.36 bits per heavy atom. The van der Waals surface area contributed by atoms with Crippen molar-refractivity contribution >= 4 is 27.1 Å². The van der Waals surface area contributed by atoms with Crippen LogP contribution in [0.3, 0.4) is 0 Å². The highest BCUT2D eigenvalue weighted by Crippen LogP contribution is 2.24. The van der Waals surface area contributed by atoms with E-state index in [1.54, 1.807) is 12.1 Å². The van der Waals surface area contributed by atoms with Gasteiger partial charge in [0.05, 0.1) is 17.7 Å². The van der Waals surface area contributed by atoms with Crippen LogP contribution in [-0.4, -0.2) is 68.0 Å². The number of furan rings is 1. The van der Waals surface area contributed by atoms with Crippen molar-refractivity contribution in [3.8, 4) is 0 Å². The number of para-hydroxylation sites is 1. The summed E-state index contributed by atoms with van der Waals surface area (Å²) in [5.74, 6) is -0.238. The number of benzene rings is 1. The SMILES string of the molecule is CN(C)S(=O)(=O)N[C@@H]1CCN(C(=O)c2coc3ccccc23)C[C@H]1O. The number of β-amino-alcohol motifs (C(OH)–C–C–N with tert-alkyl or cyclic N) is 1. The molecule has 0 saturated carbocycles. The van der Waals surface area contributed by atoms with Crippen LogP contribution in [0.2, 0.25) is 0 Å². The minimum atomic E-state index is -3.64. The summed E-state index contributed by atoms with van der Waals surface area (Å²) < 4.78 is 32.7. The number of carbonyl (C=O) groups is 1. The van der Waals surface area contributed by atoms with Crippen LogP contribution in [0.5, 0.6) is 0 Å². The number of fused-ring (bicyclic) bond motifs is 1. The lowest BCUT2D eigenvalue weighted by atomic mass is 10.0. The molecule has 0 bridgehead atoms. The van der Waals surface area contributed by atoms with E-state index in [2.05, 4.69) is 4.72 Å². The Balaban J connectivity index is 1.71. The van der Waals surface area contributed by atoms with E-state index in [0.717, 1.165) is 9.69 Å². The van der Waals surface area contributed by atoms with Crippen LogP contribution < -0.4 is 4.72 Å². The Morgan fingerprint density at radius 3 is 2.76 bits per heavy atom. The summed E-state index contributed by atoms with van der Waals surface area (Å²) in [7, 11) is -0.807. The molecular formula is C16H21N3O5S. The number of hydrogen-bond donors (Lipinski definition) is 2. The fourth-order valence-electron chi connectivity index (χ4n) is 2.86. The van der Waals surface area contributed by atoms with Crippen LogP contribution in [0, 0.1) is 0 Å². The minimum Gasteiger partial charge on any atom is -0.463 e. The average molecular weight is 367 g/mol. The summed E-state index contributed by atoms with van der Waals surface area (Å²) in [5.41, 5.74) is 1.06. The van der Waals surface area contributed by atoms with Gasteiger partial charge in [-0.3, -0.25) is 4.79 Å². The molecule has 1 saturated heterocycles. The van der Waals surface area contributed by atoms with Gasteiger partial charge in [-0.25, -0.2) is 0 Å². The second kappa shape index (κ2) is 6.75. The Labute approximate surface area is 146 Å². The van der Waals surface area contributed by atoms with E-state index < -0.39 is 22.4 Å². The maximum Gasteiger partial charge on any atom is 0.279 e. The highest BCUT2D eigenvalue weighted by molar-refractivity contribution is 7.87. The van der Waals surface area contributed by atoms with Gasteiger partial charge < -0.3 is 14.4 Å². The molecule has 25 heavy (non-hydrogen) atoms. The first-order valence-corrected chi connectivity index (χ1v) is 9.37. The lowest BCUT2D eigenvalue weighted by Crippen LogP contribution is -2.56. The molecule has 0 aliphatic carbocycles. The Kier molecular flexibility index (Phi) is 4.83. The monoisotopic (exact) mass is 367 g/mol. The van der Waals surface area contributed by atoms with Crippen molar-refractivity contribution in [1.82, 2.24) is 13.9 Å². The highest BCUT2D eigenvalue weighted by atomic mass is 32.2. The van der Waals surface area contributed by atoms with Gasteiger partial charge in [-0.05, 0) is 12.5 Å². The van der Waals surface area contributed by atoms with E-state index in [-0.39, 0.29) is 12.5 Å². The van der Waals surface area contributed by atoms with Gasteiger partial charge in [0.2, 0.25) is 0 Å². The highest BCUT2D eigenvalue weighted by Gasteiger charge is 2.34. The lowest BCUT2D eigenvalue weighted by molar-refractivity contribution is 0.0365. The molecular weight excluding hydrogens is 346 g/mol. The Hall–Kier alpha value is -1.94. The maximum absolute atomic E-state index is 12.7. The molecule has 1 amide bonds. The molecule has 2 aromatic rings. The standard InChI is InChI=1S/C16H21N3O5S/c1-18(2)25(22,23)17-13-7-8-19(9-14(13)20)16(21)12-10-24-15-6-4-3-5-11(12)15/h3-6,10,13-14,17,20H,7-9H2,1-2H3/t13-,14-/m1/s1. The molecule has 1 aliphatic heterocycles. The molecule has 0 unspecified atom stereocenters. The summed E-state index contributed by atoms with van der Waals surface area (Å²) in [4.78, 5) is 14.2. The van der Waals surface area contributed by atoms with Crippen molar-refractivity contribution in [2.75, 3.05) is 27.2 Å². The number of nitrogens with one attached hydrogen (secondary N) is 1. The molecule has 2 atom stereocenters. The van der Waals surface area contributed by atoms with Crippen molar-refractivity contribution in [3.63, 3.8) is 0 Å². The average Bonchev–Trinajstić information content (AvgIpc) is 3.00. The molecule has 136 valence electrons. The smallest absolute Gasteiger partial charge is 0.279 e. The van der Waals surface area contributed by atoms with Gasteiger partial charge in [0, 0.05) is 32.6 Å². The van der Waals surface area contributed by atoms with Crippen LogP contribution >= 0.6 is 0 Å². The summed E-state index contributed by atoms with van der Waals surface area (Å²) in [6, 6.07) is 6.61. The Morgan fingerprint density at radius 2 is 2.08 bits per heavy atom. The fourth-order valence-corrected chi connectivity index (χ4v) is 3.73. The molecule has 9 heteroatoms. The van der Waals surface area contributed by atoms with E-state index in [1.165, 1.54) is 25.3 Å². The number of aliphatic hydroxyl groups is 1. The van der Waals surface area contributed by atoms with Crippen LogP contribution in [0.15, 0.2) is 34.9 Å². The Bertz CT molecular complexity index is 877. The number of rotatable bonds is 4. The van der Waals surface area contributed by atoms with Crippen LogP contribution in [-0.2, 0) is 10.2 Å². The summed E-state index contributed by atoms with van der Waals surface area (Å²) >= 11 is 0. The summed E-state index contributed by atoms with van der Waals surface area (Å²) in [5, 5.41) is 11.0. The van der Waals surface area contributed by atoms with Crippen molar-refractivity contribution < 1.29 is 22.7 Å². The topological polar surface area (TPSA) is 103 Å². The van der Waals surface area contributed by atoms with E-state index in [1.807, 2.05) is 12.1 Å². The van der Waals surface area contributed by atoms with Gasteiger partial charge in [-0.1, -0.05) is 18.2 Å². The molecule has 1 aromatic heterocycles. The molecule has 0 spiro atoms. The van der Waals surface area contributed by atoms with E-state index in [4.69, 9.17) is 4.42 Å². The summed E-state index contributed by atoms with van der Waals surface area (Å²) in [6.45, 7) is 0.398. The molecule has 0 radical (unpaired) electrons. The van der Waals surface area contributed by atoms with Gasteiger partial charge in [-0.2, -0.15) is 17.4 Å². The zero-order chi connectivity index (χ0) is 18.2. The number of hydrogen-bond acceptors (Lipinski definition) is 5. The van der Waals surface area contributed by atoms with E-state index >= 15 is 0 Å². The number of aliphatic hydroxyl groups excluding tert-OH is 1. The van der Waals surface area contributed by atoms with Crippen LogP contribution in [0.1, 0.15) is 16.8 Å². The number of amides is 1. The number of carbonyl (C=O) groups excluding carboxylic acids is 1. The van der Waals surface area contributed by atoms with Crippen LogP contribution in [0.4, 0.5) is 0 Å². The molecule has 2 N–H and O–H groups in total. The predicted molar refractivity (Wildman–Crippen MR) is 92.3 cm³/mol. The lowest BCUT2D eigenvalue weighted by Gasteiger charge is -2.36. The van der Waals surface area contributed by atoms with E-state index in [0.29, 0.717) is 24.1 Å². The van der Waals surface area contributed by atoms with Gasteiger partial charge in [0.1, 0.15) is 11.8 Å². The number of piperidine rings is 1. The number of likely N-dealkylation sites (tertiary alicyclic amines) is 1. The van der Waals surface area contributed by atoms with E-state index in [9.17, 15) is 18.3 Å². The quantitative estimate of drug-likeness (QED) is 0.814. The second-order valence-corrected chi connectivity index (χ2v) is 8.18. The third-order valence-corrected chi connectivity index (χ3v) is 5.92.